The number of piperidine rings is 1. The van der Waals surface area contributed by atoms with Gasteiger partial charge in [-0.05, 0) is 35.7 Å². The average molecular weight is 474 g/mol. The number of benzene rings is 2. The minimum Gasteiger partial charge on any atom is -0.346 e. The lowest BCUT2D eigenvalue weighted by Gasteiger charge is -2.29. The van der Waals surface area contributed by atoms with Crippen LogP contribution in [-0.2, 0) is 33.4 Å². The molecule has 1 fully saturated rings. The highest BCUT2D eigenvalue weighted by Gasteiger charge is 2.41. The molecule has 7 nitrogen and oxygen atoms in total. The molecule has 2 aromatic carbocycles. The van der Waals surface area contributed by atoms with Crippen molar-refractivity contribution in [3.8, 4) is 0 Å². The van der Waals surface area contributed by atoms with E-state index in [1.807, 2.05) is 0 Å². The van der Waals surface area contributed by atoms with Crippen molar-refractivity contribution in [2.45, 2.75) is 37.9 Å². The van der Waals surface area contributed by atoms with E-state index in [2.05, 4.69) is 10.6 Å². The Morgan fingerprint density at radius 1 is 1.18 bits per heavy atom. The van der Waals surface area contributed by atoms with E-state index in [4.69, 9.17) is 11.6 Å². The number of amides is 4. The van der Waals surface area contributed by atoms with Crippen LogP contribution in [0.3, 0.4) is 0 Å². The lowest BCUT2D eigenvalue weighted by molar-refractivity contribution is -0.147. The average Bonchev–Trinajstić information content (AvgIpc) is 3.10. The molecule has 0 saturated carbocycles. The third-order valence-corrected chi connectivity index (χ3v) is 6.30. The molecule has 0 aromatic heterocycles. The third kappa shape index (κ3) is 4.22. The molecule has 11 heteroatoms. The van der Waals surface area contributed by atoms with Gasteiger partial charge < -0.3 is 10.2 Å². The van der Waals surface area contributed by atoms with Crippen LogP contribution in [0.15, 0.2) is 36.4 Å². The number of halogens is 3. The highest BCUT2D eigenvalue weighted by molar-refractivity contribution is 6.35. The number of carbonyl (C=O) groups is 4. The summed E-state index contributed by atoms with van der Waals surface area (Å²) in [7, 11) is 1.74. The number of rotatable bonds is 5. The molecule has 0 spiro atoms. The van der Waals surface area contributed by atoms with E-state index in [0.29, 0.717) is 22.2 Å². The Hall–Kier alpha value is -3.27. The third-order valence-electron chi connectivity index (χ3n) is 6.05. The summed E-state index contributed by atoms with van der Waals surface area (Å²) in [5, 5.41) is 4.79. The number of nitrogens with one attached hydrogen (secondary N) is 2. The summed E-state index contributed by atoms with van der Waals surface area (Å²) in [6.07, 6.45) is 0.390. The minimum absolute atomic E-state index is 0.147. The van der Waals surface area contributed by atoms with E-state index in [9.17, 15) is 28.0 Å². The second-order valence-electron chi connectivity index (χ2n) is 8.04. The molecule has 1 atom stereocenters. The van der Waals surface area contributed by atoms with Crippen molar-refractivity contribution in [2.24, 2.45) is 0 Å². The zero-order valence-corrected chi connectivity index (χ0v) is 18.3. The second kappa shape index (κ2) is 8.59. The predicted molar refractivity (Wildman–Crippen MR) is 118 cm³/mol. The lowest BCUT2D eigenvalue weighted by atomic mass is 9.84. The summed E-state index contributed by atoms with van der Waals surface area (Å²) >= 11 is 5.72. The van der Waals surface area contributed by atoms with Gasteiger partial charge in [0.2, 0.25) is 11.8 Å². The molecule has 2 N–H and O–H groups in total. The molecule has 4 amide bonds. The largest absolute Gasteiger partial charge is 0.349 e. The number of hydrogen-bond donors (Lipinski definition) is 2. The van der Waals surface area contributed by atoms with Gasteiger partial charge >= 0.3 is 5.92 Å². The first kappa shape index (κ1) is 22.9. The first-order valence-corrected chi connectivity index (χ1v) is 10.7. The van der Waals surface area contributed by atoms with Gasteiger partial charge in [-0.25, -0.2) is 0 Å². The first-order chi connectivity index (χ1) is 15.6. The number of carbonyl (C=O) groups excluding carboxylic acids is 4. The SMILES string of the molecule is Bc1c(CNC(=O)C(F)(F)c2ccc(Cl)cc2)ccc2c1CN(C1CCC(=O)NC1=O)C2=O. The molecule has 170 valence electrons. The van der Waals surface area contributed by atoms with Crippen molar-refractivity contribution in [3.63, 3.8) is 0 Å². The molecule has 0 bridgehead atoms. The van der Waals surface area contributed by atoms with Crippen molar-refractivity contribution in [1.29, 1.82) is 0 Å². The number of imide groups is 1. The Bertz CT molecular complexity index is 1170. The molecule has 33 heavy (non-hydrogen) atoms. The van der Waals surface area contributed by atoms with Crippen molar-refractivity contribution in [3.05, 3.63) is 63.7 Å². The van der Waals surface area contributed by atoms with Crippen molar-refractivity contribution in [1.82, 2.24) is 15.5 Å². The van der Waals surface area contributed by atoms with Crippen LogP contribution in [0.1, 0.15) is 39.9 Å². The molecular weight excluding hydrogens is 455 g/mol. The van der Waals surface area contributed by atoms with Crippen LogP contribution in [0.25, 0.3) is 0 Å². The quantitative estimate of drug-likeness (QED) is 0.495. The standard InChI is InChI=1S/C22H19BClF2N3O4/c23-18-11(9-27-21(33)22(25,26)12-2-4-13(24)5-3-12)1-6-14-15(18)10-29(20(14)32)16-7-8-17(30)28-19(16)31/h1-6,16H,7-10,23H2,(H,27,33)(H,28,30,31). The molecular formula is C22H19BClF2N3O4. The highest BCUT2D eigenvalue weighted by Crippen LogP contribution is 2.30. The monoisotopic (exact) mass is 473 g/mol. The van der Waals surface area contributed by atoms with E-state index in [-0.39, 0.29) is 42.8 Å². The van der Waals surface area contributed by atoms with Gasteiger partial charge in [-0.1, -0.05) is 35.3 Å². The fourth-order valence-corrected chi connectivity index (χ4v) is 4.23. The van der Waals surface area contributed by atoms with Gasteiger partial charge in [0, 0.05) is 35.7 Å². The minimum atomic E-state index is -3.74. The predicted octanol–water partition coefficient (Wildman–Crippen LogP) is 0.768. The molecule has 2 heterocycles. The van der Waals surface area contributed by atoms with E-state index in [0.717, 1.165) is 12.1 Å². The maximum absolute atomic E-state index is 14.5. The fraction of sp³-hybridized carbons (Fsp3) is 0.273. The second-order valence-corrected chi connectivity index (χ2v) is 8.48. The Labute approximate surface area is 193 Å². The van der Waals surface area contributed by atoms with E-state index in [1.165, 1.54) is 17.0 Å². The van der Waals surface area contributed by atoms with Gasteiger partial charge in [-0.15, -0.1) is 0 Å². The van der Waals surface area contributed by atoms with Crippen molar-refractivity contribution in [2.75, 3.05) is 0 Å². The fourth-order valence-electron chi connectivity index (χ4n) is 4.11. The topological polar surface area (TPSA) is 95.6 Å². The summed E-state index contributed by atoms with van der Waals surface area (Å²) < 4.78 is 29.0. The van der Waals surface area contributed by atoms with Gasteiger partial charge in [0.1, 0.15) is 13.9 Å². The highest BCUT2D eigenvalue weighted by atomic mass is 35.5. The lowest BCUT2D eigenvalue weighted by Crippen LogP contribution is -2.52. The molecule has 1 unspecified atom stereocenters. The molecule has 1 saturated heterocycles. The van der Waals surface area contributed by atoms with E-state index < -0.39 is 29.3 Å². The summed E-state index contributed by atoms with van der Waals surface area (Å²) in [6.45, 7) is 0.00271. The van der Waals surface area contributed by atoms with Gasteiger partial charge in [0.05, 0.1) is 0 Å². The molecule has 2 aliphatic heterocycles. The number of fused-ring (bicyclic) bond motifs is 1. The van der Waals surface area contributed by atoms with Crippen LogP contribution >= 0.6 is 11.6 Å². The van der Waals surface area contributed by atoms with Gasteiger partial charge in [0.25, 0.3) is 11.8 Å². The summed E-state index contributed by atoms with van der Waals surface area (Å²) in [4.78, 5) is 50.1. The van der Waals surface area contributed by atoms with E-state index >= 15 is 0 Å². The maximum atomic E-state index is 14.5. The normalized spacial score (nSPS) is 18.2. The van der Waals surface area contributed by atoms with Gasteiger partial charge in [0.15, 0.2) is 0 Å². The summed E-state index contributed by atoms with van der Waals surface area (Å²) in [5.41, 5.74) is 1.86. The number of alkyl halides is 2. The number of nitrogens with zero attached hydrogens (tertiary/aromatic N) is 1. The first-order valence-electron chi connectivity index (χ1n) is 10.3. The zero-order chi connectivity index (χ0) is 23.9. The van der Waals surface area contributed by atoms with Crippen LogP contribution in [0.5, 0.6) is 0 Å². The molecule has 4 rings (SSSR count). The van der Waals surface area contributed by atoms with Gasteiger partial charge in [-0.2, -0.15) is 8.78 Å². The van der Waals surface area contributed by atoms with Crippen LogP contribution in [0, 0.1) is 0 Å². The number of hydrogen-bond acceptors (Lipinski definition) is 4. The maximum Gasteiger partial charge on any atom is 0.349 e. The van der Waals surface area contributed by atoms with Crippen LogP contribution in [-0.4, -0.2) is 42.4 Å². The smallest absolute Gasteiger partial charge is 0.346 e. The van der Waals surface area contributed by atoms with Crippen molar-refractivity contribution < 1.29 is 28.0 Å². The van der Waals surface area contributed by atoms with Crippen LogP contribution < -0.4 is 16.1 Å². The Balaban J connectivity index is 1.48. The molecule has 0 aliphatic carbocycles. The molecule has 0 radical (unpaired) electrons. The van der Waals surface area contributed by atoms with Gasteiger partial charge in [-0.3, -0.25) is 24.5 Å². The van der Waals surface area contributed by atoms with E-state index in [1.54, 1.807) is 20.0 Å². The zero-order valence-electron chi connectivity index (χ0n) is 17.6. The Kier molecular flexibility index (Phi) is 5.96. The van der Waals surface area contributed by atoms with Crippen LogP contribution in [0.4, 0.5) is 8.78 Å². The van der Waals surface area contributed by atoms with Crippen molar-refractivity contribution >= 4 is 48.5 Å². The Morgan fingerprint density at radius 3 is 2.55 bits per heavy atom. The molecule has 2 aromatic rings. The summed E-state index contributed by atoms with van der Waals surface area (Å²) in [5.74, 6) is -6.40. The summed E-state index contributed by atoms with van der Waals surface area (Å²) in [6, 6.07) is 7.18. The Morgan fingerprint density at radius 2 is 1.88 bits per heavy atom. The van der Waals surface area contributed by atoms with Crippen LogP contribution in [0.2, 0.25) is 5.02 Å². The molecule has 2 aliphatic rings.